The van der Waals surface area contributed by atoms with Crippen LogP contribution < -0.4 is 0 Å². The third-order valence-electron chi connectivity index (χ3n) is 2.15. The first-order chi connectivity index (χ1) is 4.20. The maximum atomic E-state index is 9.11. The Labute approximate surface area is 56.4 Å². The van der Waals surface area contributed by atoms with Gasteiger partial charge in [-0.25, -0.2) is 0 Å². The molecule has 9 heavy (non-hydrogen) atoms. The number of hydrogen-bond acceptors (Lipinski definition) is 1. The van der Waals surface area contributed by atoms with E-state index < -0.39 is 0 Å². The van der Waals surface area contributed by atoms with Crippen LogP contribution in [0.5, 0.6) is 0 Å². The Morgan fingerprint density at radius 2 is 2.00 bits per heavy atom. The summed E-state index contributed by atoms with van der Waals surface area (Å²) >= 11 is 0. The number of aliphatic hydroxyl groups is 1. The molecule has 0 spiro atoms. The van der Waals surface area contributed by atoms with Crippen molar-refractivity contribution in [3.8, 4) is 0 Å². The highest BCUT2D eigenvalue weighted by atomic mass is 16.3. The molecule has 0 saturated heterocycles. The SMILES string of the molecule is C[C@@H]1C=CC(O)C[C@@H]1C. The Balaban J connectivity index is 2.54. The number of aliphatic hydroxyl groups excluding tert-OH is 1. The summed E-state index contributed by atoms with van der Waals surface area (Å²) < 4.78 is 0. The van der Waals surface area contributed by atoms with E-state index in [1.165, 1.54) is 0 Å². The fourth-order valence-electron chi connectivity index (χ4n) is 1.17. The molecule has 0 aromatic carbocycles. The van der Waals surface area contributed by atoms with Crippen molar-refractivity contribution in [2.45, 2.75) is 26.4 Å². The zero-order valence-corrected chi connectivity index (χ0v) is 6.04. The first-order valence-electron chi connectivity index (χ1n) is 3.56. The average molecular weight is 126 g/mol. The van der Waals surface area contributed by atoms with Gasteiger partial charge in [0.05, 0.1) is 6.10 Å². The van der Waals surface area contributed by atoms with Crippen molar-refractivity contribution in [1.82, 2.24) is 0 Å². The van der Waals surface area contributed by atoms with Crippen molar-refractivity contribution in [2.24, 2.45) is 11.8 Å². The van der Waals surface area contributed by atoms with Gasteiger partial charge in [0.2, 0.25) is 0 Å². The van der Waals surface area contributed by atoms with Gasteiger partial charge in [-0.05, 0) is 18.3 Å². The molecule has 3 atom stereocenters. The van der Waals surface area contributed by atoms with Crippen molar-refractivity contribution < 1.29 is 5.11 Å². The van der Waals surface area contributed by atoms with E-state index in [1.54, 1.807) is 0 Å². The van der Waals surface area contributed by atoms with Crippen LogP contribution in [0, 0.1) is 11.8 Å². The first-order valence-corrected chi connectivity index (χ1v) is 3.56. The van der Waals surface area contributed by atoms with Gasteiger partial charge in [0, 0.05) is 0 Å². The molecule has 0 heterocycles. The van der Waals surface area contributed by atoms with E-state index in [9.17, 15) is 0 Å². The third-order valence-corrected chi connectivity index (χ3v) is 2.15. The molecule has 52 valence electrons. The lowest BCUT2D eigenvalue weighted by molar-refractivity contribution is 0.169. The van der Waals surface area contributed by atoms with Crippen molar-refractivity contribution >= 4 is 0 Å². The lowest BCUT2D eigenvalue weighted by Gasteiger charge is -2.23. The largest absolute Gasteiger partial charge is 0.389 e. The second kappa shape index (κ2) is 2.53. The highest BCUT2D eigenvalue weighted by Crippen LogP contribution is 2.23. The number of allylic oxidation sites excluding steroid dienone is 1. The predicted octanol–water partition coefficient (Wildman–Crippen LogP) is 1.58. The van der Waals surface area contributed by atoms with Crippen LogP contribution in [-0.4, -0.2) is 11.2 Å². The molecule has 1 aliphatic carbocycles. The maximum absolute atomic E-state index is 9.11. The summed E-state index contributed by atoms with van der Waals surface area (Å²) in [7, 11) is 0. The van der Waals surface area contributed by atoms with Crippen LogP contribution in [0.3, 0.4) is 0 Å². The quantitative estimate of drug-likeness (QED) is 0.488. The maximum Gasteiger partial charge on any atom is 0.0723 e. The Hall–Kier alpha value is -0.300. The van der Waals surface area contributed by atoms with E-state index in [1.807, 2.05) is 6.08 Å². The molecule has 0 saturated carbocycles. The second-order valence-corrected chi connectivity index (χ2v) is 3.02. The van der Waals surface area contributed by atoms with Crippen LogP contribution in [-0.2, 0) is 0 Å². The van der Waals surface area contributed by atoms with Gasteiger partial charge in [0.1, 0.15) is 0 Å². The Morgan fingerprint density at radius 1 is 1.33 bits per heavy atom. The first kappa shape index (κ1) is 6.81. The zero-order chi connectivity index (χ0) is 6.85. The third kappa shape index (κ3) is 1.55. The minimum atomic E-state index is -0.184. The Kier molecular flexibility index (Phi) is 1.91. The van der Waals surface area contributed by atoms with Crippen molar-refractivity contribution in [3.05, 3.63) is 12.2 Å². The fourth-order valence-corrected chi connectivity index (χ4v) is 1.17. The molecular weight excluding hydrogens is 112 g/mol. The van der Waals surface area contributed by atoms with Gasteiger partial charge in [0.25, 0.3) is 0 Å². The minimum absolute atomic E-state index is 0.184. The Bertz CT molecular complexity index is 118. The van der Waals surface area contributed by atoms with Crippen LogP contribution in [0.25, 0.3) is 0 Å². The van der Waals surface area contributed by atoms with E-state index in [2.05, 4.69) is 19.9 Å². The lowest BCUT2D eigenvalue weighted by Crippen LogP contribution is -2.18. The summed E-state index contributed by atoms with van der Waals surface area (Å²) in [6.45, 7) is 4.37. The molecule has 1 unspecified atom stereocenters. The van der Waals surface area contributed by atoms with E-state index in [-0.39, 0.29) is 6.10 Å². The average Bonchev–Trinajstić information content (AvgIpc) is 1.80. The van der Waals surface area contributed by atoms with Crippen LogP contribution in [0.4, 0.5) is 0 Å². The van der Waals surface area contributed by atoms with E-state index in [0.717, 1.165) is 6.42 Å². The molecular formula is C8H14O. The van der Waals surface area contributed by atoms with Crippen molar-refractivity contribution in [2.75, 3.05) is 0 Å². The number of hydrogen-bond donors (Lipinski definition) is 1. The Morgan fingerprint density at radius 3 is 2.44 bits per heavy atom. The molecule has 0 aliphatic heterocycles. The molecule has 0 amide bonds. The van der Waals surface area contributed by atoms with Crippen LogP contribution in [0.15, 0.2) is 12.2 Å². The minimum Gasteiger partial charge on any atom is -0.389 e. The van der Waals surface area contributed by atoms with Crippen LogP contribution in [0.1, 0.15) is 20.3 Å². The molecule has 0 aromatic heterocycles. The lowest BCUT2D eigenvalue weighted by atomic mass is 9.86. The molecule has 1 nitrogen and oxygen atoms in total. The topological polar surface area (TPSA) is 20.2 Å². The van der Waals surface area contributed by atoms with Gasteiger partial charge in [-0.1, -0.05) is 26.0 Å². The summed E-state index contributed by atoms with van der Waals surface area (Å²) in [4.78, 5) is 0. The summed E-state index contributed by atoms with van der Waals surface area (Å²) in [6.07, 6.45) is 4.73. The zero-order valence-electron chi connectivity index (χ0n) is 6.04. The summed E-state index contributed by atoms with van der Waals surface area (Å²) in [5, 5.41) is 9.11. The van der Waals surface area contributed by atoms with Crippen molar-refractivity contribution in [3.63, 3.8) is 0 Å². The molecule has 1 N–H and O–H groups in total. The normalized spacial score (nSPS) is 43.2. The molecule has 1 rings (SSSR count). The fraction of sp³-hybridized carbons (Fsp3) is 0.750. The van der Waals surface area contributed by atoms with Crippen LogP contribution in [0.2, 0.25) is 0 Å². The van der Waals surface area contributed by atoms with Gasteiger partial charge < -0.3 is 5.11 Å². The van der Waals surface area contributed by atoms with E-state index >= 15 is 0 Å². The monoisotopic (exact) mass is 126 g/mol. The van der Waals surface area contributed by atoms with Gasteiger partial charge in [-0.3, -0.25) is 0 Å². The molecule has 1 aliphatic rings. The van der Waals surface area contributed by atoms with E-state index in [0.29, 0.717) is 11.8 Å². The molecule has 0 bridgehead atoms. The van der Waals surface area contributed by atoms with Gasteiger partial charge in [-0.2, -0.15) is 0 Å². The van der Waals surface area contributed by atoms with Crippen molar-refractivity contribution in [1.29, 1.82) is 0 Å². The molecule has 0 aromatic rings. The predicted molar refractivity (Wildman–Crippen MR) is 38.1 cm³/mol. The molecule has 0 fully saturated rings. The second-order valence-electron chi connectivity index (χ2n) is 3.02. The molecule has 1 heteroatoms. The standard InChI is InChI=1S/C8H14O/c1-6-3-4-8(9)5-7(6)2/h3-4,6-9H,5H2,1-2H3/t6-,7+,8?/m1/s1. The van der Waals surface area contributed by atoms with Crippen LogP contribution >= 0.6 is 0 Å². The number of rotatable bonds is 0. The molecule has 0 radical (unpaired) electrons. The highest BCUT2D eigenvalue weighted by molar-refractivity contribution is 4.99. The van der Waals surface area contributed by atoms with Gasteiger partial charge in [-0.15, -0.1) is 0 Å². The van der Waals surface area contributed by atoms with E-state index in [4.69, 9.17) is 5.11 Å². The highest BCUT2D eigenvalue weighted by Gasteiger charge is 2.17. The summed E-state index contributed by atoms with van der Waals surface area (Å²) in [6, 6.07) is 0. The summed E-state index contributed by atoms with van der Waals surface area (Å²) in [5.41, 5.74) is 0. The smallest absolute Gasteiger partial charge is 0.0723 e. The van der Waals surface area contributed by atoms with Gasteiger partial charge >= 0.3 is 0 Å². The summed E-state index contributed by atoms with van der Waals surface area (Å²) in [5.74, 6) is 1.29. The van der Waals surface area contributed by atoms with Gasteiger partial charge in [0.15, 0.2) is 0 Å².